The first-order valence-corrected chi connectivity index (χ1v) is 10.8. The highest BCUT2D eigenvalue weighted by atomic mass is 35.5. The van der Waals surface area contributed by atoms with E-state index in [2.05, 4.69) is 10.4 Å². The van der Waals surface area contributed by atoms with Gasteiger partial charge in [-0.05, 0) is 54.8 Å². The number of rotatable bonds is 6. The van der Waals surface area contributed by atoms with E-state index in [1.165, 1.54) is 30.3 Å². The first kappa shape index (κ1) is 25.6. The van der Waals surface area contributed by atoms with Crippen molar-refractivity contribution in [3.05, 3.63) is 85.6 Å². The lowest BCUT2D eigenvalue weighted by atomic mass is 9.99. The zero-order valence-electron chi connectivity index (χ0n) is 18.3. The molecular weight excluding hydrogens is 494 g/mol. The van der Waals surface area contributed by atoms with Gasteiger partial charge >= 0.3 is 12.1 Å². The van der Waals surface area contributed by atoms with E-state index in [-0.39, 0.29) is 22.7 Å². The maximum Gasteiger partial charge on any atom is 0.433 e. The van der Waals surface area contributed by atoms with Crippen LogP contribution in [-0.4, -0.2) is 26.8 Å². The Balaban J connectivity index is 1.98. The highest BCUT2D eigenvalue weighted by Crippen LogP contribution is 2.35. The van der Waals surface area contributed by atoms with E-state index >= 15 is 0 Å². The summed E-state index contributed by atoms with van der Waals surface area (Å²) < 4.78 is 42.2. The third kappa shape index (κ3) is 5.37. The van der Waals surface area contributed by atoms with Crippen LogP contribution in [0.1, 0.15) is 61.8 Å². The highest BCUT2D eigenvalue weighted by molar-refractivity contribution is 6.42. The summed E-state index contributed by atoms with van der Waals surface area (Å²) in [4.78, 5) is 24.3. The molecule has 11 heteroatoms. The van der Waals surface area contributed by atoms with Gasteiger partial charge in [0.1, 0.15) is 0 Å². The summed E-state index contributed by atoms with van der Waals surface area (Å²) in [5.74, 6) is -2.06. The van der Waals surface area contributed by atoms with Gasteiger partial charge in [-0.25, -0.2) is 4.79 Å². The summed E-state index contributed by atoms with van der Waals surface area (Å²) in [7, 11) is 1.12. The predicted molar refractivity (Wildman–Crippen MR) is 121 cm³/mol. The smallest absolute Gasteiger partial charge is 0.433 e. The summed E-state index contributed by atoms with van der Waals surface area (Å²) in [5, 5.41) is 16.2. The highest BCUT2D eigenvalue weighted by Gasteiger charge is 2.41. The Morgan fingerprint density at radius 3 is 2.38 bits per heavy atom. The van der Waals surface area contributed by atoms with Crippen molar-refractivity contribution in [1.82, 2.24) is 15.1 Å². The van der Waals surface area contributed by atoms with E-state index in [1.807, 2.05) is 0 Å². The summed E-state index contributed by atoms with van der Waals surface area (Å²) in [6, 6.07) is 8.23. The number of aromatic carboxylic acids is 1. The Bertz CT molecular complexity index is 1270. The molecule has 2 aromatic carbocycles. The second-order valence-corrected chi connectivity index (χ2v) is 8.60. The SMILES string of the molecule is Cc1cc(C(=O)O)ccc1[C@H](C)NC(=O)c1c(Cc2ccc(Cl)c(Cl)c2)nn(C)c1C(F)(F)F. The number of carboxylic acids is 1. The van der Waals surface area contributed by atoms with Crippen LogP contribution >= 0.6 is 23.2 Å². The lowest BCUT2D eigenvalue weighted by Crippen LogP contribution is -2.30. The second kappa shape index (κ2) is 9.68. The number of alkyl halides is 3. The van der Waals surface area contributed by atoms with Crippen molar-refractivity contribution in [2.24, 2.45) is 7.05 Å². The minimum atomic E-state index is -4.83. The molecule has 1 amide bonds. The van der Waals surface area contributed by atoms with Gasteiger partial charge in [0.05, 0.1) is 32.9 Å². The van der Waals surface area contributed by atoms with Crippen LogP contribution in [0.15, 0.2) is 36.4 Å². The minimum Gasteiger partial charge on any atom is -0.478 e. The Hall–Kier alpha value is -3.04. The molecule has 0 aliphatic rings. The Labute approximate surface area is 203 Å². The van der Waals surface area contributed by atoms with Gasteiger partial charge in [-0.1, -0.05) is 35.3 Å². The molecule has 0 unspecified atom stereocenters. The molecule has 0 saturated carbocycles. The Morgan fingerprint density at radius 1 is 1.15 bits per heavy atom. The molecular formula is C23H20Cl2F3N3O3. The zero-order chi connectivity index (χ0) is 25.4. The standard InChI is InChI=1S/C23H20Cl2F3N3O3/c1-11-8-14(22(33)34)5-6-15(11)12(2)29-21(32)19-18(30-31(3)20(19)23(26,27)28)10-13-4-7-16(24)17(25)9-13/h4-9,12H,10H2,1-3H3,(H,29,32)(H,33,34)/t12-/m0/s1. The van der Waals surface area contributed by atoms with Gasteiger partial charge in [-0.3, -0.25) is 9.48 Å². The van der Waals surface area contributed by atoms with Crippen LogP contribution in [0.25, 0.3) is 0 Å². The van der Waals surface area contributed by atoms with E-state index in [1.54, 1.807) is 19.9 Å². The fourth-order valence-electron chi connectivity index (χ4n) is 3.75. The van der Waals surface area contributed by atoms with Crippen molar-refractivity contribution in [2.75, 3.05) is 0 Å². The lowest BCUT2D eigenvalue weighted by Gasteiger charge is -2.18. The van der Waals surface area contributed by atoms with Crippen molar-refractivity contribution in [3.63, 3.8) is 0 Å². The molecule has 3 rings (SSSR count). The van der Waals surface area contributed by atoms with Crippen LogP contribution in [0.5, 0.6) is 0 Å². The summed E-state index contributed by atoms with van der Waals surface area (Å²) >= 11 is 11.9. The molecule has 1 heterocycles. The number of hydrogen-bond donors (Lipinski definition) is 2. The van der Waals surface area contributed by atoms with E-state index in [4.69, 9.17) is 28.3 Å². The van der Waals surface area contributed by atoms with Gasteiger partial charge in [-0.15, -0.1) is 0 Å². The van der Waals surface area contributed by atoms with E-state index in [0.717, 1.165) is 7.05 Å². The second-order valence-electron chi connectivity index (χ2n) is 7.79. The molecule has 180 valence electrons. The molecule has 1 atom stereocenters. The minimum absolute atomic E-state index is 0.0651. The number of nitrogens with zero attached hydrogens (tertiary/aromatic N) is 2. The third-order valence-electron chi connectivity index (χ3n) is 5.30. The zero-order valence-corrected chi connectivity index (χ0v) is 19.8. The maximum atomic E-state index is 13.8. The number of amides is 1. The molecule has 3 aromatic rings. The molecule has 0 saturated heterocycles. The van der Waals surface area contributed by atoms with E-state index < -0.39 is 35.4 Å². The average Bonchev–Trinajstić information content (AvgIpc) is 3.06. The molecule has 0 aliphatic heterocycles. The molecule has 0 aliphatic carbocycles. The van der Waals surface area contributed by atoms with Crippen LogP contribution in [0, 0.1) is 6.92 Å². The van der Waals surface area contributed by atoms with E-state index in [9.17, 15) is 22.8 Å². The molecule has 1 aromatic heterocycles. The Kier molecular flexibility index (Phi) is 7.28. The van der Waals surface area contributed by atoms with Crippen molar-refractivity contribution in [2.45, 2.75) is 32.5 Å². The fraction of sp³-hybridized carbons (Fsp3) is 0.261. The number of aryl methyl sites for hydroxylation is 2. The monoisotopic (exact) mass is 513 g/mol. The number of halogens is 5. The number of carbonyl (C=O) groups is 2. The first-order chi connectivity index (χ1) is 15.8. The van der Waals surface area contributed by atoms with Crippen LogP contribution in [0.4, 0.5) is 13.2 Å². The Morgan fingerprint density at radius 2 is 1.82 bits per heavy atom. The molecule has 0 bridgehead atoms. The number of nitrogens with one attached hydrogen (secondary N) is 1. The average molecular weight is 514 g/mol. The fourth-order valence-corrected chi connectivity index (χ4v) is 4.07. The topological polar surface area (TPSA) is 84.2 Å². The third-order valence-corrected chi connectivity index (χ3v) is 6.04. The van der Waals surface area contributed by atoms with Gasteiger partial charge in [0.25, 0.3) is 5.91 Å². The quantitative estimate of drug-likeness (QED) is 0.434. The first-order valence-electron chi connectivity index (χ1n) is 10.0. The predicted octanol–water partition coefficient (Wildman–Crippen LogP) is 5.83. The van der Waals surface area contributed by atoms with Gasteiger partial charge in [-0.2, -0.15) is 18.3 Å². The van der Waals surface area contributed by atoms with Crippen molar-refractivity contribution in [3.8, 4) is 0 Å². The summed E-state index contributed by atoms with van der Waals surface area (Å²) in [6.07, 6.45) is -4.91. The number of benzene rings is 2. The van der Waals surface area contributed by atoms with E-state index in [0.29, 0.717) is 26.4 Å². The number of carboxylic acid groups (broad SMARTS) is 1. The van der Waals surface area contributed by atoms with Gasteiger partial charge in [0.15, 0.2) is 5.69 Å². The van der Waals surface area contributed by atoms with Crippen LogP contribution < -0.4 is 5.32 Å². The largest absolute Gasteiger partial charge is 0.478 e. The van der Waals surface area contributed by atoms with Crippen LogP contribution in [0.2, 0.25) is 10.0 Å². The molecule has 2 N–H and O–H groups in total. The van der Waals surface area contributed by atoms with Crippen molar-refractivity contribution >= 4 is 35.1 Å². The molecule has 0 fully saturated rings. The van der Waals surface area contributed by atoms with Gasteiger partial charge in [0.2, 0.25) is 0 Å². The summed E-state index contributed by atoms with van der Waals surface area (Å²) in [5.41, 5.74) is -0.0969. The number of carbonyl (C=O) groups excluding carboxylic acids is 1. The molecule has 0 spiro atoms. The maximum absolute atomic E-state index is 13.8. The van der Waals surface area contributed by atoms with Gasteiger partial charge < -0.3 is 10.4 Å². The van der Waals surface area contributed by atoms with Crippen molar-refractivity contribution < 1.29 is 27.9 Å². The molecule has 6 nitrogen and oxygen atoms in total. The number of aromatic nitrogens is 2. The van der Waals surface area contributed by atoms with Gasteiger partial charge in [0, 0.05) is 13.5 Å². The van der Waals surface area contributed by atoms with Crippen molar-refractivity contribution in [1.29, 1.82) is 0 Å². The normalized spacial score (nSPS) is 12.5. The lowest BCUT2D eigenvalue weighted by molar-refractivity contribution is -0.144. The molecule has 0 radical (unpaired) electrons. The number of hydrogen-bond acceptors (Lipinski definition) is 3. The van der Waals surface area contributed by atoms with Crippen LogP contribution in [0.3, 0.4) is 0 Å². The van der Waals surface area contributed by atoms with Crippen LogP contribution in [-0.2, 0) is 19.6 Å². The molecule has 34 heavy (non-hydrogen) atoms. The summed E-state index contributed by atoms with van der Waals surface area (Å²) in [6.45, 7) is 3.26.